The summed E-state index contributed by atoms with van der Waals surface area (Å²) in [5.74, 6) is 0.419. The highest BCUT2D eigenvalue weighted by molar-refractivity contribution is 5.86. The first-order valence-corrected chi connectivity index (χ1v) is 6.07. The second-order valence-electron chi connectivity index (χ2n) is 4.46. The Bertz CT molecular complexity index is 612. The van der Waals surface area contributed by atoms with Crippen LogP contribution in [-0.2, 0) is 4.79 Å². The van der Waals surface area contributed by atoms with Gasteiger partial charge in [0.05, 0.1) is 6.54 Å². The zero-order chi connectivity index (χ0) is 13.2. The van der Waals surface area contributed by atoms with Crippen LogP contribution in [0.3, 0.4) is 0 Å². The lowest BCUT2D eigenvalue weighted by atomic mass is 10.1. The molecular formula is C14H12FN3O. The van der Waals surface area contributed by atoms with Crippen molar-refractivity contribution in [3.63, 3.8) is 0 Å². The zero-order valence-corrected chi connectivity index (χ0v) is 10.2. The maximum absolute atomic E-state index is 13.6. The molecule has 1 aromatic heterocycles. The van der Waals surface area contributed by atoms with Crippen LogP contribution in [0, 0.1) is 5.82 Å². The number of hydrogen-bond donors (Lipinski definition) is 0. The Morgan fingerprint density at radius 1 is 1.16 bits per heavy atom. The highest BCUT2D eigenvalue weighted by Crippen LogP contribution is 2.22. The third-order valence-electron chi connectivity index (χ3n) is 3.13. The molecule has 0 N–H and O–H groups in total. The maximum atomic E-state index is 13.6. The smallest absolute Gasteiger partial charge is 0.225 e. The molecule has 0 bridgehead atoms. The summed E-state index contributed by atoms with van der Waals surface area (Å²) >= 11 is 0. The number of nitrogens with zero attached hydrogens (tertiary/aromatic N) is 3. The Hall–Kier alpha value is -2.30. The Morgan fingerprint density at radius 3 is 2.53 bits per heavy atom. The molecular weight excluding hydrogens is 245 g/mol. The normalized spacial score (nSPS) is 15.0. The summed E-state index contributed by atoms with van der Waals surface area (Å²) in [5, 5.41) is 0. The summed E-state index contributed by atoms with van der Waals surface area (Å²) < 4.78 is 13.6. The summed E-state index contributed by atoms with van der Waals surface area (Å²) in [4.78, 5) is 21.5. The zero-order valence-electron chi connectivity index (χ0n) is 10.2. The van der Waals surface area contributed by atoms with Crippen molar-refractivity contribution in [2.24, 2.45) is 0 Å². The van der Waals surface area contributed by atoms with E-state index in [1.54, 1.807) is 30.6 Å². The van der Waals surface area contributed by atoms with E-state index >= 15 is 0 Å². The van der Waals surface area contributed by atoms with Gasteiger partial charge >= 0.3 is 0 Å². The van der Waals surface area contributed by atoms with Gasteiger partial charge in [-0.25, -0.2) is 14.4 Å². The molecule has 2 heterocycles. The average molecular weight is 257 g/mol. The molecule has 0 atom stereocenters. The Labute approximate surface area is 109 Å². The van der Waals surface area contributed by atoms with Crippen molar-refractivity contribution < 1.29 is 9.18 Å². The fourth-order valence-electron chi connectivity index (χ4n) is 2.12. The number of ketones is 1. The van der Waals surface area contributed by atoms with E-state index in [0.717, 1.165) is 0 Å². The predicted octanol–water partition coefficient (Wildman–Crippen LogP) is 2.06. The standard InChI is InChI=1S/C14H12FN3O/c15-13-4-2-1-3-12(13)10-7-16-14(17-8-10)18-6-5-11(19)9-18/h1-4,7-8H,5-6,9H2. The van der Waals surface area contributed by atoms with E-state index in [2.05, 4.69) is 9.97 Å². The van der Waals surface area contributed by atoms with Crippen molar-refractivity contribution in [3.8, 4) is 11.1 Å². The van der Waals surface area contributed by atoms with E-state index in [9.17, 15) is 9.18 Å². The Balaban J connectivity index is 1.87. The third kappa shape index (κ3) is 2.31. The topological polar surface area (TPSA) is 46.1 Å². The van der Waals surface area contributed by atoms with Gasteiger partial charge in [0, 0.05) is 36.5 Å². The Morgan fingerprint density at radius 2 is 1.89 bits per heavy atom. The van der Waals surface area contributed by atoms with Crippen molar-refractivity contribution in [3.05, 3.63) is 42.5 Å². The summed E-state index contributed by atoms with van der Waals surface area (Å²) in [6, 6.07) is 6.50. The van der Waals surface area contributed by atoms with E-state index in [-0.39, 0.29) is 11.6 Å². The molecule has 0 radical (unpaired) electrons. The molecule has 0 aliphatic carbocycles. The van der Waals surface area contributed by atoms with Gasteiger partial charge in [0.1, 0.15) is 5.82 Å². The van der Waals surface area contributed by atoms with Gasteiger partial charge < -0.3 is 4.90 Å². The second kappa shape index (κ2) is 4.76. The number of halogens is 1. The highest BCUT2D eigenvalue weighted by atomic mass is 19.1. The first kappa shape index (κ1) is 11.8. The molecule has 3 rings (SSSR count). The van der Waals surface area contributed by atoms with Gasteiger partial charge in [-0.3, -0.25) is 4.79 Å². The number of benzene rings is 1. The van der Waals surface area contributed by atoms with Gasteiger partial charge in [0.25, 0.3) is 0 Å². The lowest BCUT2D eigenvalue weighted by Gasteiger charge is -2.13. The minimum Gasteiger partial charge on any atom is -0.333 e. The van der Waals surface area contributed by atoms with Gasteiger partial charge in [-0.1, -0.05) is 18.2 Å². The molecule has 1 aliphatic rings. The molecule has 0 unspecified atom stereocenters. The highest BCUT2D eigenvalue weighted by Gasteiger charge is 2.21. The molecule has 96 valence electrons. The molecule has 4 nitrogen and oxygen atoms in total. The summed E-state index contributed by atoms with van der Waals surface area (Å²) in [7, 11) is 0. The summed E-state index contributed by atoms with van der Waals surface area (Å²) in [6.45, 7) is 1.01. The SMILES string of the molecule is O=C1CCN(c2ncc(-c3ccccc3F)cn2)C1. The first-order valence-electron chi connectivity index (χ1n) is 6.07. The quantitative estimate of drug-likeness (QED) is 0.826. The van der Waals surface area contributed by atoms with Crippen LogP contribution in [0.5, 0.6) is 0 Å². The molecule has 1 aliphatic heterocycles. The van der Waals surface area contributed by atoms with Gasteiger partial charge in [0.2, 0.25) is 5.95 Å². The van der Waals surface area contributed by atoms with Gasteiger partial charge in [-0.05, 0) is 6.07 Å². The third-order valence-corrected chi connectivity index (χ3v) is 3.13. The Kier molecular flexibility index (Phi) is 2.95. The van der Waals surface area contributed by atoms with Crippen LogP contribution in [0.4, 0.5) is 10.3 Å². The molecule has 0 spiro atoms. The van der Waals surface area contributed by atoms with Crippen LogP contribution in [0.2, 0.25) is 0 Å². The average Bonchev–Trinajstić information content (AvgIpc) is 2.86. The maximum Gasteiger partial charge on any atom is 0.225 e. The van der Waals surface area contributed by atoms with E-state index in [0.29, 0.717) is 36.6 Å². The first-order chi connectivity index (χ1) is 9.24. The lowest BCUT2D eigenvalue weighted by Crippen LogP contribution is -2.21. The van der Waals surface area contributed by atoms with Crippen LogP contribution in [0.1, 0.15) is 6.42 Å². The number of carbonyl (C=O) groups excluding carboxylic acids is 1. The number of carbonyl (C=O) groups is 1. The number of rotatable bonds is 2. The molecule has 19 heavy (non-hydrogen) atoms. The number of hydrogen-bond acceptors (Lipinski definition) is 4. The van der Waals surface area contributed by atoms with Crippen LogP contribution in [-0.4, -0.2) is 28.8 Å². The number of Topliss-reactive ketones (excluding diaryl/α,β-unsaturated/α-hetero) is 1. The number of anilines is 1. The fraction of sp³-hybridized carbons (Fsp3) is 0.214. The van der Waals surface area contributed by atoms with Crippen molar-refractivity contribution in [1.82, 2.24) is 9.97 Å². The monoisotopic (exact) mass is 257 g/mol. The van der Waals surface area contributed by atoms with Gasteiger partial charge in [0.15, 0.2) is 5.78 Å². The minimum absolute atomic E-state index is 0.196. The van der Waals surface area contributed by atoms with Crippen molar-refractivity contribution in [1.29, 1.82) is 0 Å². The van der Waals surface area contributed by atoms with Crippen molar-refractivity contribution in [2.75, 3.05) is 18.0 Å². The van der Waals surface area contributed by atoms with Crippen LogP contribution in [0.25, 0.3) is 11.1 Å². The van der Waals surface area contributed by atoms with Crippen LogP contribution in [0.15, 0.2) is 36.7 Å². The van der Waals surface area contributed by atoms with Crippen molar-refractivity contribution in [2.45, 2.75) is 6.42 Å². The van der Waals surface area contributed by atoms with Crippen LogP contribution >= 0.6 is 0 Å². The largest absolute Gasteiger partial charge is 0.333 e. The van der Waals surface area contributed by atoms with Crippen LogP contribution < -0.4 is 4.90 Å². The molecule has 5 heteroatoms. The molecule has 1 aromatic carbocycles. The molecule has 1 fully saturated rings. The predicted molar refractivity (Wildman–Crippen MR) is 69.3 cm³/mol. The van der Waals surface area contributed by atoms with Gasteiger partial charge in [-0.15, -0.1) is 0 Å². The lowest BCUT2D eigenvalue weighted by molar-refractivity contribution is -0.116. The second-order valence-corrected chi connectivity index (χ2v) is 4.46. The fourth-order valence-corrected chi connectivity index (χ4v) is 2.12. The molecule has 0 saturated carbocycles. The number of aromatic nitrogens is 2. The van der Waals surface area contributed by atoms with E-state index in [1.165, 1.54) is 6.07 Å². The molecule has 0 amide bonds. The summed E-state index contributed by atoms with van der Waals surface area (Å²) in [6.07, 6.45) is 3.71. The van der Waals surface area contributed by atoms with Crippen molar-refractivity contribution >= 4 is 11.7 Å². The molecule has 2 aromatic rings. The van der Waals surface area contributed by atoms with E-state index in [1.807, 2.05) is 4.90 Å². The summed E-state index contributed by atoms with van der Waals surface area (Å²) in [5.41, 5.74) is 1.11. The van der Waals surface area contributed by atoms with E-state index < -0.39 is 0 Å². The van der Waals surface area contributed by atoms with Gasteiger partial charge in [-0.2, -0.15) is 0 Å². The molecule has 1 saturated heterocycles. The van der Waals surface area contributed by atoms with E-state index in [4.69, 9.17) is 0 Å². The minimum atomic E-state index is -0.296.